The van der Waals surface area contributed by atoms with Crippen molar-refractivity contribution in [3.8, 4) is 0 Å². The Morgan fingerprint density at radius 2 is 1.82 bits per heavy atom. The first-order valence-electron chi connectivity index (χ1n) is 3.87. The molecule has 0 aliphatic carbocycles. The predicted molar refractivity (Wildman–Crippen MR) is 41.7 cm³/mol. The van der Waals surface area contributed by atoms with Crippen molar-refractivity contribution in [2.24, 2.45) is 11.8 Å². The van der Waals surface area contributed by atoms with E-state index in [1.165, 1.54) is 0 Å². The van der Waals surface area contributed by atoms with Gasteiger partial charge in [0.2, 0.25) is 0 Å². The molecule has 0 aromatic rings. The van der Waals surface area contributed by atoms with Gasteiger partial charge >= 0.3 is 5.97 Å². The summed E-state index contributed by atoms with van der Waals surface area (Å²) in [6, 6.07) is 0. The molecule has 0 fully saturated rings. The van der Waals surface area contributed by atoms with Crippen LogP contribution in [0.2, 0.25) is 0 Å². The lowest BCUT2D eigenvalue weighted by atomic mass is 10.2. The van der Waals surface area contributed by atoms with Crippen LogP contribution in [0.25, 0.3) is 0 Å². The molecular weight excluding hydrogens is 144 g/mol. The van der Waals surface area contributed by atoms with Crippen LogP contribution in [-0.2, 0) is 14.6 Å². The van der Waals surface area contributed by atoms with Gasteiger partial charge in [0.25, 0.3) is 0 Å². The lowest BCUT2D eigenvalue weighted by Gasteiger charge is -2.06. The third-order valence-electron chi connectivity index (χ3n) is 1.01. The molecule has 0 N–H and O–H groups in total. The van der Waals surface area contributed by atoms with Crippen LogP contribution in [0.5, 0.6) is 0 Å². The van der Waals surface area contributed by atoms with Crippen molar-refractivity contribution in [2.45, 2.75) is 27.7 Å². The van der Waals surface area contributed by atoms with Crippen LogP contribution >= 0.6 is 0 Å². The SMILES string of the molecule is CC(C)COOC(=O)C(C)C. The van der Waals surface area contributed by atoms with E-state index in [1.807, 2.05) is 13.8 Å². The van der Waals surface area contributed by atoms with E-state index >= 15 is 0 Å². The third kappa shape index (κ3) is 5.85. The minimum absolute atomic E-state index is 0.123. The quantitative estimate of drug-likeness (QED) is 0.464. The van der Waals surface area contributed by atoms with Crippen LogP contribution in [-0.4, -0.2) is 12.6 Å². The fourth-order valence-electron chi connectivity index (χ4n) is 0.324. The molecule has 0 aromatic carbocycles. The topological polar surface area (TPSA) is 35.5 Å². The summed E-state index contributed by atoms with van der Waals surface area (Å²) in [5.41, 5.74) is 0. The fourth-order valence-corrected chi connectivity index (χ4v) is 0.324. The summed E-state index contributed by atoms with van der Waals surface area (Å²) in [5.74, 6) is -0.0530. The van der Waals surface area contributed by atoms with Crippen molar-refractivity contribution in [3.63, 3.8) is 0 Å². The molecule has 0 aliphatic rings. The summed E-state index contributed by atoms with van der Waals surface area (Å²) < 4.78 is 0. The second-order valence-electron chi connectivity index (χ2n) is 3.24. The second-order valence-corrected chi connectivity index (χ2v) is 3.24. The Bertz CT molecular complexity index is 119. The third-order valence-corrected chi connectivity index (χ3v) is 1.01. The van der Waals surface area contributed by atoms with Crippen LogP contribution < -0.4 is 0 Å². The number of carbonyl (C=O) groups excluding carboxylic acids is 1. The minimum atomic E-state index is -0.314. The summed E-state index contributed by atoms with van der Waals surface area (Å²) in [6.07, 6.45) is 0. The zero-order valence-electron chi connectivity index (χ0n) is 7.59. The molecule has 11 heavy (non-hydrogen) atoms. The predicted octanol–water partition coefficient (Wildman–Crippen LogP) is 1.77. The molecule has 0 saturated carbocycles. The standard InChI is InChI=1S/C8H16O3/c1-6(2)5-10-11-8(9)7(3)4/h6-7H,5H2,1-4H3. The van der Waals surface area contributed by atoms with Crippen molar-refractivity contribution < 1.29 is 14.6 Å². The van der Waals surface area contributed by atoms with Gasteiger partial charge in [-0.15, -0.1) is 0 Å². The van der Waals surface area contributed by atoms with Crippen LogP contribution in [0.4, 0.5) is 0 Å². The molecule has 0 unspecified atom stereocenters. The molecule has 0 aliphatic heterocycles. The maximum Gasteiger partial charge on any atom is 0.344 e. The highest BCUT2D eigenvalue weighted by molar-refractivity contribution is 5.70. The maximum absolute atomic E-state index is 10.8. The van der Waals surface area contributed by atoms with Gasteiger partial charge < -0.3 is 0 Å². The smallest absolute Gasteiger partial charge is 0.298 e. The van der Waals surface area contributed by atoms with E-state index in [1.54, 1.807) is 13.8 Å². The van der Waals surface area contributed by atoms with Gasteiger partial charge in [0.15, 0.2) is 0 Å². The van der Waals surface area contributed by atoms with E-state index in [-0.39, 0.29) is 11.9 Å². The summed E-state index contributed by atoms with van der Waals surface area (Å²) in [6.45, 7) is 7.97. The normalized spacial score (nSPS) is 10.7. The van der Waals surface area contributed by atoms with Gasteiger partial charge in [-0.2, -0.15) is 4.89 Å². The molecule has 0 spiro atoms. The summed E-state index contributed by atoms with van der Waals surface area (Å²) in [4.78, 5) is 19.9. The van der Waals surface area contributed by atoms with Crippen LogP contribution in [0.15, 0.2) is 0 Å². The largest absolute Gasteiger partial charge is 0.344 e. The van der Waals surface area contributed by atoms with Gasteiger partial charge in [-0.1, -0.05) is 27.7 Å². The van der Waals surface area contributed by atoms with Crippen LogP contribution in [0, 0.1) is 11.8 Å². The molecule has 0 rings (SSSR count). The van der Waals surface area contributed by atoms with E-state index in [2.05, 4.69) is 9.78 Å². The molecule has 0 aromatic heterocycles. The van der Waals surface area contributed by atoms with E-state index in [4.69, 9.17) is 0 Å². The van der Waals surface area contributed by atoms with Crippen LogP contribution in [0.1, 0.15) is 27.7 Å². The van der Waals surface area contributed by atoms with Crippen LogP contribution in [0.3, 0.4) is 0 Å². The highest BCUT2D eigenvalue weighted by atomic mass is 17.2. The maximum atomic E-state index is 10.8. The van der Waals surface area contributed by atoms with Crippen molar-refractivity contribution >= 4 is 5.97 Å². The lowest BCUT2D eigenvalue weighted by Crippen LogP contribution is -2.14. The molecule has 3 nitrogen and oxygen atoms in total. The monoisotopic (exact) mass is 160 g/mol. The molecule has 3 heteroatoms. The first-order valence-corrected chi connectivity index (χ1v) is 3.87. The van der Waals surface area contributed by atoms with Gasteiger partial charge in [0, 0.05) is 0 Å². The molecule has 0 radical (unpaired) electrons. The summed E-state index contributed by atoms with van der Waals surface area (Å²) >= 11 is 0. The van der Waals surface area contributed by atoms with Gasteiger partial charge in [-0.3, -0.25) is 4.89 Å². The van der Waals surface area contributed by atoms with Gasteiger partial charge in [0.1, 0.15) is 0 Å². The first kappa shape index (κ1) is 10.4. The Kier molecular flexibility index (Phi) is 4.86. The highest BCUT2D eigenvalue weighted by Crippen LogP contribution is 1.98. The van der Waals surface area contributed by atoms with Crippen molar-refractivity contribution in [3.05, 3.63) is 0 Å². The van der Waals surface area contributed by atoms with E-state index in [0.717, 1.165) is 0 Å². The molecule has 0 saturated heterocycles. The average molecular weight is 160 g/mol. The average Bonchev–Trinajstić information content (AvgIpc) is 1.86. The second kappa shape index (κ2) is 5.13. The lowest BCUT2D eigenvalue weighted by molar-refractivity contribution is -0.279. The van der Waals surface area contributed by atoms with E-state index in [0.29, 0.717) is 12.5 Å². The number of hydrogen-bond acceptors (Lipinski definition) is 3. The molecule has 0 bridgehead atoms. The Morgan fingerprint density at radius 3 is 2.18 bits per heavy atom. The van der Waals surface area contributed by atoms with E-state index < -0.39 is 0 Å². The zero-order valence-corrected chi connectivity index (χ0v) is 7.59. The van der Waals surface area contributed by atoms with Gasteiger partial charge in [0.05, 0.1) is 12.5 Å². The number of hydrogen-bond donors (Lipinski definition) is 0. The van der Waals surface area contributed by atoms with E-state index in [9.17, 15) is 4.79 Å². The molecule has 66 valence electrons. The first-order chi connectivity index (χ1) is 5.04. The van der Waals surface area contributed by atoms with Crippen molar-refractivity contribution in [1.82, 2.24) is 0 Å². The van der Waals surface area contributed by atoms with Gasteiger partial charge in [-0.05, 0) is 5.92 Å². The Morgan fingerprint density at radius 1 is 1.27 bits per heavy atom. The Labute approximate surface area is 67.6 Å². The fraction of sp³-hybridized carbons (Fsp3) is 0.875. The molecular formula is C8H16O3. The zero-order chi connectivity index (χ0) is 8.85. The van der Waals surface area contributed by atoms with Crippen molar-refractivity contribution in [2.75, 3.05) is 6.61 Å². The minimum Gasteiger partial charge on any atom is -0.298 e. The summed E-state index contributed by atoms with van der Waals surface area (Å²) in [5, 5.41) is 0. The molecule has 0 heterocycles. The van der Waals surface area contributed by atoms with Crippen molar-refractivity contribution in [1.29, 1.82) is 0 Å². The molecule has 0 amide bonds. The number of rotatable bonds is 4. The Balaban J connectivity index is 3.32. The molecule has 0 atom stereocenters. The number of carbonyl (C=O) groups is 1. The van der Waals surface area contributed by atoms with Gasteiger partial charge in [-0.25, -0.2) is 4.79 Å². The summed E-state index contributed by atoms with van der Waals surface area (Å²) in [7, 11) is 0. The Hall–Kier alpha value is -0.570. The highest BCUT2D eigenvalue weighted by Gasteiger charge is 2.09.